The largest absolute Gasteiger partial charge is 0.487 e. The number of hydrogen-bond donors (Lipinski definition) is 2. The summed E-state index contributed by atoms with van der Waals surface area (Å²) in [6, 6.07) is 16.7. The van der Waals surface area contributed by atoms with E-state index >= 15 is 0 Å². The molecule has 0 radical (unpaired) electrons. The molecule has 3 aromatic rings. The molecule has 4 aliphatic rings. The van der Waals surface area contributed by atoms with Gasteiger partial charge in [-0.05, 0) is 126 Å². The van der Waals surface area contributed by atoms with Gasteiger partial charge in [0.2, 0.25) is 12.6 Å². The highest BCUT2D eigenvalue weighted by molar-refractivity contribution is 6.03. The van der Waals surface area contributed by atoms with Gasteiger partial charge in [-0.1, -0.05) is 42.3 Å². The average Bonchev–Trinajstić information content (AvgIpc) is 3.73. The Hall–Kier alpha value is -5.11. The van der Waals surface area contributed by atoms with Crippen molar-refractivity contribution < 1.29 is 48.3 Å². The fraction of sp³-hybridized carbons (Fsp3) is 0.531. The van der Waals surface area contributed by atoms with Gasteiger partial charge in [0.05, 0.1) is 30.5 Å². The molecule has 1 aromatic heterocycles. The van der Waals surface area contributed by atoms with Crippen molar-refractivity contribution in [3.05, 3.63) is 101 Å². The molecule has 62 heavy (non-hydrogen) atoms. The van der Waals surface area contributed by atoms with Crippen LogP contribution in [0.5, 0.6) is 23.0 Å². The van der Waals surface area contributed by atoms with E-state index in [1.807, 2.05) is 76.2 Å². The first-order valence-electron chi connectivity index (χ1n) is 22.1. The van der Waals surface area contributed by atoms with E-state index in [1.54, 1.807) is 17.9 Å². The summed E-state index contributed by atoms with van der Waals surface area (Å²) in [5, 5.41) is 24.9. The van der Waals surface area contributed by atoms with Crippen molar-refractivity contribution in [1.82, 2.24) is 9.88 Å². The van der Waals surface area contributed by atoms with Crippen LogP contribution >= 0.6 is 0 Å². The van der Waals surface area contributed by atoms with E-state index in [1.165, 1.54) is 0 Å². The molecule has 13 nitrogen and oxygen atoms in total. The maximum absolute atomic E-state index is 14.5. The highest BCUT2D eigenvalue weighted by Crippen LogP contribution is 2.62. The van der Waals surface area contributed by atoms with Gasteiger partial charge in [-0.15, -0.1) is 6.58 Å². The van der Waals surface area contributed by atoms with Crippen LogP contribution in [0.2, 0.25) is 0 Å². The molecule has 334 valence electrons. The van der Waals surface area contributed by atoms with Gasteiger partial charge in [0.25, 0.3) is 0 Å². The maximum Gasteiger partial charge on any atom is 0.410 e. The first-order valence-corrected chi connectivity index (χ1v) is 22.1. The molecule has 2 aliphatic heterocycles. The highest BCUT2D eigenvalue weighted by Gasteiger charge is 2.65. The number of benzene rings is 2. The summed E-state index contributed by atoms with van der Waals surface area (Å²) in [5.74, 6) is 0.486. The monoisotopic (exact) mass is 853 g/mol. The summed E-state index contributed by atoms with van der Waals surface area (Å²) in [6.45, 7) is 14.7. The van der Waals surface area contributed by atoms with Crippen molar-refractivity contribution in [2.45, 2.75) is 116 Å². The van der Waals surface area contributed by atoms with E-state index in [0.717, 1.165) is 53.8 Å². The van der Waals surface area contributed by atoms with E-state index in [9.17, 15) is 15.0 Å². The average molecular weight is 854 g/mol. The lowest BCUT2D eigenvalue weighted by Gasteiger charge is -2.60. The fourth-order valence-corrected chi connectivity index (χ4v) is 9.51. The summed E-state index contributed by atoms with van der Waals surface area (Å²) in [4.78, 5) is 27.2. The number of ether oxygens (including phenoxy) is 6. The van der Waals surface area contributed by atoms with E-state index in [0.29, 0.717) is 41.6 Å². The van der Waals surface area contributed by atoms with Gasteiger partial charge in [0, 0.05) is 43.4 Å². The number of amides is 1. The van der Waals surface area contributed by atoms with Crippen LogP contribution in [0.4, 0.5) is 4.79 Å². The van der Waals surface area contributed by atoms with Crippen molar-refractivity contribution in [2.75, 3.05) is 33.2 Å². The zero-order valence-corrected chi connectivity index (χ0v) is 36.8. The molecular formula is C49H63N3O10. The fourth-order valence-electron chi connectivity index (χ4n) is 9.51. The number of aliphatic hydroxyl groups excluding tert-OH is 2. The molecule has 0 bridgehead atoms. The van der Waals surface area contributed by atoms with Gasteiger partial charge in [-0.3, -0.25) is 9.88 Å². The van der Waals surface area contributed by atoms with Crippen molar-refractivity contribution in [3.63, 3.8) is 0 Å². The van der Waals surface area contributed by atoms with Crippen LogP contribution < -0.4 is 18.9 Å². The topological polar surface area (TPSA) is 151 Å². The van der Waals surface area contributed by atoms with Crippen LogP contribution in [-0.2, 0) is 27.5 Å². The zero-order valence-electron chi connectivity index (χ0n) is 36.8. The lowest BCUT2D eigenvalue weighted by Crippen LogP contribution is -2.70. The minimum Gasteiger partial charge on any atom is -0.487 e. The molecule has 2 aromatic carbocycles. The van der Waals surface area contributed by atoms with Crippen LogP contribution in [-0.4, -0.2) is 82.6 Å². The number of hydrogen-bond acceptors (Lipinski definition) is 12. The molecule has 2 aliphatic carbocycles. The third kappa shape index (κ3) is 9.90. The Morgan fingerprint density at radius 2 is 1.79 bits per heavy atom. The predicted octanol–water partition coefficient (Wildman–Crippen LogP) is 8.79. The molecule has 1 amide bonds. The minimum absolute atomic E-state index is 0.0467. The van der Waals surface area contributed by atoms with Gasteiger partial charge in [0.15, 0.2) is 11.5 Å². The molecule has 1 fully saturated rings. The SMILES string of the molecule is C=CCOC12Oc3ccc(OCc4cccc(C)n4)cc3C3C(CCCCO)C(CCCCO)C=C(C(=NOC(C)(C)C)CC1N(Cc1ccc4c(c1)OCO4)C(=O)OCC)C32. The zero-order chi connectivity index (χ0) is 43.9. The second kappa shape index (κ2) is 19.9. The Bertz CT molecular complexity index is 2100. The minimum atomic E-state index is -1.46. The molecule has 13 heteroatoms. The van der Waals surface area contributed by atoms with E-state index in [-0.39, 0.29) is 70.5 Å². The Morgan fingerprint density at radius 3 is 2.53 bits per heavy atom. The van der Waals surface area contributed by atoms with Gasteiger partial charge in [-0.2, -0.15) is 0 Å². The van der Waals surface area contributed by atoms with Gasteiger partial charge < -0.3 is 43.5 Å². The Balaban J connectivity index is 1.44. The van der Waals surface area contributed by atoms with Gasteiger partial charge in [-0.25, -0.2) is 4.79 Å². The summed E-state index contributed by atoms with van der Waals surface area (Å²) >= 11 is 0. The highest BCUT2D eigenvalue weighted by atomic mass is 16.7. The molecule has 1 saturated carbocycles. The normalized spacial score (nSPS) is 24.0. The Morgan fingerprint density at radius 1 is 1.02 bits per heavy atom. The number of unbranched alkanes of at least 4 members (excludes halogenated alkanes) is 2. The van der Waals surface area contributed by atoms with Crippen LogP contribution in [0.15, 0.2) is 84.1 Å². The smallest absolute Gasteiger partial charge is 0.410 e. The van der Waals surface area contributed by atoms with Crippen molar-refractivity contribution in [3.8, 4) is 23.0 Å². The molecular weight excluding hydrogens is 791 g/mol. The lowest BCUT2D eigenvalue weighted by atomic mass is 9.55. The third-order valence-electron chi connectivity index (χ3n) is 12.1. The number of aryl methyl sites for hydroxylation is 1. The van der Waals surface area contributed by atoms with Gasteiger partial charge in [0.1, 0.15) is 29.7 Å². The molecule has 2 N–H and O–H groups in total. The number of oxime groups is 1. The molecule has 3 heterocycles. The van der Waals surface area contributed by atoms with E-state index < -0.39 is 29.4 Å². The molecule has 7 rings (SSSR count). The quantitative estimate of drug-likeness (QED) is 0.0677. The Kier molecular flexibility index (Phi) is 14.5. The summed E-state index contributed by atoms with van der Waals surface area (Å²) in [5.41, 5.74) is 4.53. The summed E-state index contributed by atoms with van der Waals surface area (Å²) in [6.07, 6.45) is 8.33. The number of carbonyl (C=O) groups is 1. The van der Waals surface area contributed by atoms with Crippen LogP contribution in [0.3, 0.4) is 0 Å². The number of allylic oxidation sites excluding steroid dienone is 1. The summed E-state index contributed by atoms with van der Waals surface area (Å²) < 4.78 is 38.2. The third-order valence-corrected chi connectivity index (χ3v) is 12.1. The number of fused-ring (bicyclic) bond motifs is 3. The first kappa shape index (κ1) is 44.9. The standard InChI is InChI=1S/C49H63N3O10/c1-7-24-60-49-44(52(47(55)56-8-2)29-33-18-20-42-43(25-33)59-31-58-42)28-40(51-62-48(4,5)6)38-26-34(15-9-11-22-53)37(17-10-12-23-54)45(46(38)49)39-27-36(19-21-41(39)61-49)57-30-35-16-13-14-32(3)50-35/h7,13-14,16,18-21,25-27,34,37,44-46,53-54H,1,8-12,15,17,22-24,28-31H2,2-6H3. The number of carbonyl (C=O) groups excluding carboxylic acids is 1. The van der Waals surface area contributed by atoms with Crippen LogP contribution in [0.1, 0.15) is 101 Å². The Labute approximate surface area is 365 Å². The number of aromatic nitrogens is 1. The molecule has 6 unspecified atom stereocenters. The molecule has 0 saturated heterocycles. The van der Waals surface area contributed by atoms with Crippen LogP contribution in [0.25, 0.3) is 0 Å². The van der Waals surface area contributed by atoms with Crippen molar-refractivity contribution in [1.29, 1.82) is 0 Å². The lowest BCUT2D eigenvalue weighted by molar-refractivity contribution is -0.256. The van der Waals surface area contributed by atoms with Gasteiger partial charge >= 0.3 is 6.09 Å². The second-order valence-corrected chi connectivity index (χ2v) is 17.5. The maximum atomic E-state index is 14.5. The number of nitrogens with zero attached hydrogens (tertiary/aromatic N) is 3. The molecule has 0 spiro atoms. The second-order valence-electron chi connectivity index (χ2n) is 17.5. The van der Waals surface area contributed by atoms with E-state index in [4.69, 9.17) is 38.4 Å². The summed E-state index contributed by atoms with van der Waals surface area (Å²) in [7, 11) is 0. The van der Waals surface area contributed by atoms with Crippen molar-refractivity contribution in [2.24, 2.45) is 22.9 Å². The number of aliphatic hydroxyl groups is 2. The predicted molar refractivity (Wildman–Crippen MR) is 234 cm³/mol. The molecule has 6 atom stereocenters. The van der Waals surface area contributed by atoms with E-state index in [2.05, 4.69) is 23.7 Å². The van der Waals surface area contributed by atoms with Crippen LogP contribution in [0, 0.1) is 24.7 Å². The number of pyridine rings is 1. The number of rotatable bonds is 19. The van der Waals surface area contributed by atoms with Crippen molar-refractivity contribution >= 4 is 11.8 Å². The first-order chi connectivity index (χ1) is 30.0.